The van der Waals surface area contributed by atoms with Crippen LogP contribution in [-0.2, 0) is 0 Å². The number of halogens is 1. The maximum Gasteiger partial charge on any atom is 0.0680 e. The highest BCUT2D eigenvalue weighted by molar-refractivity contribution is 6.13. The average Bonchev–Trinajstić information content (AvgIpc) is 1.93. The summed E-state index contributed by atoms with van der Waals surface area (Å²) in [4.78, 5) is 0. The fourth-order valence-electron chi connectivity index (χ4n) is 1.07. The number of aliphatic hydroxyl groups is 1. The molecule has 0 saturated carbocycles. The van der Waals surface area contributed by atoms with Crippen molar-refractivity contribution in [2.24, 2.45) is 0 Å². The van der Waals surface area contributed by atoms with E-state index in [2.05, 4.69) is 0 Å². The lowest BCUT2D eigenvalue weighted by Crippen LogP contribution is -2.22. The normalized spacial score (nSPS) is 32.0. The van der Waals surface area contributed by atoms with Crippen LogP contribution in [0.4, 0.5) is 0 Å². The third kappa shape index (κ3) is 2.52. The van der Waals surface area contributed by atoms with Gasteiger partial charge in [-0.3, -0.25) is 0 Å². The number of nitrogens with zero attached hydrogens (tertiary/aromatic N) is 1. The van der Waals surface area contributed by atoms with Crippen molar-refractivity contribution in [3.8, 4) is 0 Å². The Kier molecular flexibility index (Phi) is 2.76. The zero-order valence-electron chi connectivity index (χ0n) is 5.39. The molecule has 1 rings (SSSR count). The van der Waals surface area contributed by atoms with Crippen molar-refractivity contribution in [2.75, 3.05) is 13.1 Å². The van der Waals surface area contributed by atoms with Crippen LogP contribution in [0.25, 0.3) is 0 Å². The Bertz CT molecular complexity index is 79.1. The molecule has 0 radical (unpaired) electrons. The fraction of sp³-hybridized carbons (Fsp3) is 1.00. The van der Waals surface area contributed by atoms with E-state index in [-0.39, 0.29) is 6.10 Å². The highest BCUT2D eigenvalue weighted by Gasteiger charge is 2.12. The third-order valence-corrected chi connectivity index (χ3v) is 1.90. The van der Waals surface area contributed by atoms with Crippen LogP contribution >= 0.6 is 11.8 Å². The van der Waals surface area contributed by atoms with Crippen LogP contribution in [0.2, 0.25) is 0 Å². The maximum absolute atomic E-state index is 9.13. The van der Waals surface area contributed by atoms with Crippen molar-refractivity contribution in [1.29, 1.82) is 0 Å². The van der Waals surface area contributed by atoms with Gasteiger partial charge in [0.25, 0.3) is 0 Å². The molecule has 1 saturated heterocycles. The topological polar surface area (TPSA) is 23.5 Å². The molecular weight excluding hydrogens is 138 g/mol. The van der Waals surface area contributed by atoms with Crippen molar-refractivity contribution >= 4 is 11.8 Å². The van der Waals surface area contributed by atoms with Gasteiger partial charge in [-0.15, -0.1) is 0 Å². The molecule has 0 amide bonds. The molecule has 0 aromatic heterocycles. The summed E-state index contributed by atoms with van der Waals surface area (Å²) >= 11 is 5.69. The zero-order chi connectivity index (χ0) is 6.69. The van der Waals surface area contributed by atoms with E-state index < -0.39 is 0 Å². The second-order valence-electron chi connectivity index (χ2n) is 2.52. The summed E-state index contributed by atoms with van der Waals surface area (Å²) in [6, 6.07) is 0. The smallest absolute Gasteiger partial charge is 0.0680 e. The minimum absolute atomic E-state index is 0.204. The van der Waals surface area contributed by atoms with Crippen molar-refractivity contribution in [3.05, 3.63) is 0 Å². The molecule has 1 atom stereocenters. The quantitative estimate of drug-likeness (QED) is 0.520. The van der Waals surface area contributed by atoms with Crippen molar-refractivity contribution in [1.82, 2.24) is 4.42 Å². The Balaban J connectivity index is 2.29. The minimum Gasteiger partial charge on any atom is -0.392 e. The molecule has 0 bridgehead atoms. The third-order valence-electron chi connectivity index (χ3n) is 1.60. The Morgan fingerprint density at radius 2 is 2.22 bits per heavy atom. The molecule has 0 spiro atoms. The lowest BCUT2D eigenvalue weighted by atomic mass is 10.2. The number of aliphatic hydroxyl groups excluding tert-OH is 1. The number of rotatable bonds is 0. The fourth-order valence-corrected chi connectivity index (χ4v) is 1.35. The van der Waals surface area contributed by atoms with E-state index in [0.29, 0.717) is 6.54 Å². The molecule has 1 N–H and O–H groups in total. The Morgan fingerprint density at radius 1 is 1.44 bits per heavy atom. The molecule has 3 heteroatoms. The molecule has 0 aromatic carbocycles. The summed E-state index contributed by atoms with van der Waals surface area (Å²) in [5, 5.41) is 9.13. The summed E-state index contributed by atoms with van der Waals surface area (Å²) in [7, 11) is 0. The van der Waals surface area contributed by atoms with Crippen LogP contribution in [0.1, 0.15) is 19.3 Å². The van der Waals surface area contributed by atoms with Crippen LogP contribution in [0.3, 0.4) is 0 Å². The first-order valence-electron chi connectivity index (χ1n) is 3.38. The molecular formula is C6H12ClNO. The molecule has 0 aliphatic carbocycles. The number of hydrogen-bond donors (Lipinski definition) is 1. The summed E-state index contributed by atoms with van der Waals surface area (Å²) in [5.41, 5.74) is 0. The van der Waals surface area contributed by atoms with E-state index in [9.17, 15) is 0 Å². The van der Waals surface area contributed by atoms with E-state index in [0.717, 1.165) is 25.8 Å². The molecule has 1 unspecified atom stereocenters. The second-order valence-corrected chi connectivity index (χ2v) is 3.00. The standard InChI is InChI=1S/C6H12ClNO/c7-8-4-2-1-3-6(9)5-8/h6,9H,1-5H2. The van der Waals surface area contributed by atoms with Gasteiger partial charge in [0.05, 0.1) is 6.10 Å². The van der Waals surface area contributed by atoms with E-state index in [1.54, 1.807) is 4.42 Å². The van der Waals surface area contributed by atoms with Crippen LogP contribution in [0, 0.1) is 0 Å². The largest absolute Gasteiger partial charge is 0.392 e. The van der Waals surface area contributed by atoms with Gasteiger partial charge in [0, 0.05) is 13.1 Å². The first-order valence-corrected chi connectivity index (χ1v) is 3.71. The summed E-state index contributed by atoms with van der Waals surface area (Å²) in [6.45, 7) is 1.54. The Hall–Kier alpha value is 0.210. The Morgan fingerprint density at radius 3 is 3.00 bits per heavy atom. The monoisotopic (exact) mass is 149 g/mol. The van der Waals surface area contributed by atoms with Gasteiger partial charge in [0.2, 0.25) is 0 Å². The molecule has 1 aliphatic rings. The zero-order valence-corrected chi connectivity index (χ0v) is 6.14. The first kappa shape index (κ1) is 7.32. The van der Waals surface area contributed by atoms with Crippen LogP contribution in [0.5, 0.6) is 0 Å². The highest BCUT2D eigenvalue weighted by Crippen LogP contribution is 2.11. The average molecular weight is 150 g/mol. The van der Waals surface area contributed by atoms with Gasteiger partial charge < -0.3 is 5.11 Å². The van der Waals surface area contributed by atoms with Crippen LogP contribution in [0.15, 0.2) is 0 Å². The SMILES string of the molecule is OC1CCCCN(Cl)C1. The number of hydrogen-bond acceptors (Lipinski definition) is 2. The summed E-state index contributed by atoms with van der Waals surface area (Å²) in [6.07, 6.45) is 2.92. The van der Waals surface area contributed by atoms with Gasteiger partial charge >= 0.3 is 0 Å². The summed E-state index contributed by atoms with van der Waals surface area (Å²) in [5.74, 6) is 0. The number of β-amino-alcohol motifs (C(OH)–C–C–N with tert-alkyl or cyclic N) is 1. The minimum atomic E-state index is -0.204. The molecule has 1 heterocycles. The molecule has 2 nitrogen and oxygen atoms in total. The molecule has 0 aromatic rings. The van der Waals surface area contributed by atoms with Gasteiger partial charge in [-0.2, -0.15) is 0 Å². The maximum atomic E-state index is 9.13. The van der Waals surface area contributed by atoms with Crippen molar-refractivity contribution < 1.29 is 5.11 Å². The molecule has 9 heavy (non-hydrogen) atoms. The van der Waals surface area contributed by atoms with Crippen molar-refractivity contribution in [2.45, 2.75) is 25.4 Å². The lowest BCUT2D eigenvalue weighted by molar-refractivity contribution is 0.150. The Labute approximate surface area is 60.5 Å². The van der Waals surface area contributed by atoms with E-state index in [1.807, 2.05) is 0 Å². The summed E-state index contributed by atoms with van der Waals surface area (Å²) < 4.78 is 1.66. The van der Waals surface area contributed by atoms with Gasteiger partial charge in [-0.25, -0.2) is 4.42 Å². The van der Waals surface area contributed by atoms with E-state index >= 15 is 0 Å². The van der Waals surface area contributed by atoms with Gasteiger partial charge in [0.15, 0.2) is 0 Å². The van der Waals surface area contributed by atoms with Gasteiger partial charge in [-0.1, -0.05) is 0 Å². The highest BCUT2D eigenvalue weighted by atomic mass is 35.5. The second kappa shape index (κ2) is 3.40. The molecule has 1 fully saturated rings. The lowest BCUT2D eigenvalue weighted by Gasteiger charge is -2.11. The van der Waals surface area contributed by atoms with E-state index in [1.165, 1.54) is 0 Å². The van der Waals surface area contributed by atoms with Gasteiger partial charge in [-0.05, 0) is 31.0 Å². The molecule has 1 aliphatic heterocycles. The van der Waals surface area contributed by atoms with Crippen LogP contribution in [-0.4, -0.2) is 28.7 Å². The van der Waals surface area contributed by atoms with Gasteiger partial charge in [0.1, 0.15) is 0 Å². The predicted octanol–water partition coefficient (Wildman–Crippen LogP) is 0.987. The van der Waals surface area contributed by atoms with Crippen LogP contribution < -0.4 is 0 Å². The molecule has 54 valence electrons. The predicted molar refractivity (Wildman–Crippen MR) is 37.3 cm³/mol. The van der Waals surface area contributed by atoms with E-state index in [4.69, 9.17) is 16.9 Å². The first-order chi connectivity index (χ1) is 4.29. The van der Waals surface area contributed by atoms with Crippen molar-refractivity contribution in [3.63, 3.8) is 0 Å².